The molecule has 0 saturated heterocycles. The van der Waals surface area contributed by atoms with Gasteiger partial charge in [0.15, 0.2) is 5.76 Å². The highest BCUT2D eigenvalue weighted by Gasteiger charge is 2.26. The first-order chi connectivity index (χ1) is 12.3. The monoisotopic (exact) mass is 335 g/mol. The molecule has 1 aliphatic heterocycles. The largest absolute Gasteiger partial charge is 0.454 e. The summed E-state index contributed by atoms with van der Waals surface area (Å²) in [7, 11) is 0. The van der Waals surface area contributed by atoms with E-state index >= 15 is 0 Å². The van der Waals surface area contributed by atoms with E-state index < -0.39 is 6.29 Å². The summed E-state index contributed by atoms with van der Waals surface area (Å²) in [4.78, 5) is 4.24. The van der Waals surface area contributed by atoms with Gasteiger partial charge in [-0.05, 0) is 36.4 Å². The predicted molar refractivity (Wildman–Crippen MR) is 90.0 cm³/mol. The van der Waals surface area contributed by atoms with Crippen molar-refractivity contribution in [2.45, 2.75) is 6.29 Å². The minimum absolute atomic E-state index is 0.326. The van der Waals surface area contributed by atoms with E-state index in [0.29, 0.717) is 23.0 Å². The lowest BCUT2D eigenvalue weighted by molar-refractivity contribution is -0.0187. The fraction of sp³-hybridized carbons (Fsp3) is 0.0500. The van der Waals surface area contributed by atoms with Crippen molar-refractivity contribution in [3.63, 3.8) is 0 Å². The molecule has 3 aromatic rings. The first kappa shape index (κ1) is 15.2. The van der Waals surface area contributed by atoms with Crippen molar-refractivity contribution in [2.75, 3.05) is 0 Å². The Morgan fingerprint density at radius 3 is 2.52 bits per heavy atom. The number of benzene rings is 2. The van der Waals surface area contributed by atoms with E-state index in [1.54, 1.807) is 18.5 Å². The van der Waals surface area contributed by atoms with Crippen LogP contribution in [0, 0.1) is 5.82 Å². The zero-order valence-corrected chi connectivity index (χ0v) is 13.1. The van der Waals surface area contributed by atoms with Crippen molar-refractivity contribution < 1.29 is 18.6 Å². The number of aromatic nitrogens is 1. The van der Waals surface area contributed by atoms with Crippen LogP contribution in [0.5, 0.6) is 11.6 Å². The average molecular weight is 335 g/mol. The van der Waals surface area contributed by atoms with E-state index in [9.17, 15) is 4.39 Å². The fourth-order valence-corrected chi connectivity index (χ4v) is 2.45. The Morgan fingerprint density at radius 1 is 0.920 bits per heavy atom. The molecule has 1 aromatic heterocycles. The van der Waals surface area contributed by atoms with Crippen LogP contribution < -0.4 is 4.74 Å². The second kappa shape index (κ2) is 6.65. The van der Waals surface area contributed by atoms with E-state index in [1.165, 1.54) is 24.3 Å². The zero-order chi connectivity index (χ0) is 17.1. The van der Waals surface area contributed by atoms with Crippen LogP contribution in [0.25, 0.3) is 5.76 Å². The van der Waals surface area contributed by atoms with Gasteiger partial charge in [-0.3, -0.25) is 0 Å². The molecule has 5 heteroatoms. The second-order valence-corrected chi connectivity index (χ2v) is 5.39. The summed E-state index contributed by atoms with van der Waals surface area (Å²) in [5.41, 5.74) is 1.57. The molecular formula is C20H14FNO3. The van der Waals surface area contributed by atoms with Gasteiger partial charge in [0.05, 0.1) is 5.56 Å². The van der Waals surface area contributed by atoms with E-state index in [2.05, 4.69) is 4.98 Å². The zero-order valence-electron chi connectivity index (χ0n) is 13.1. The van der Waals surface area contributed by atoms with Gasteiger partial charge in [-0.15, -0.1) is 0 Å². The lowest BCUT2D eigenvalue weighted by Gasteiger charge is -2.15. The molecule has 0 spiro atoms. The van der Waals surface area contributed by atoms with Crippen molar-refractivity contribution in [1.82, 2.24) is 4.98 Å². The lowest BCUT2D eigenvalue weighted by Crippen LogP contribution is -2.03. The van der Waals surface area contributed by atoms with Crippen LogP contribution in [-0.4, -0.2) is 4.98 Å². The molecule has 0 saturated carbocycles. The summed E-state index contributed by atoms with van der Waals surface area (Å²) in [6.07, 6.45) is 2.54. The van der Waals surface area contributed by atoms with E-state index in [1.807, 2.05) is 36.4 Å². The van der Waals surface area contributed by atoms with Crippen molar-refractivity contribution in [3.8, 4) is 11.6 Å². The number of nitrogens with zero attached hydrogens (tertiary/aromatic N) is 1. The molecule has 1 unspecified atom stereocenters. The molecule has 25 heavy (non-hydrogen) atoms. The number of ether oxygens (including phenoxy) is 3. The third-order valence-corrected chi connectivity index (χ3v) is 3.67. The fourth-order valence-electron chi connectivity index (χ4n) is 2.45. The van der Waals surface area contributed by atoms with Gasteiger partial charge < -0.3 is 14.2 Å². The third-order valence-electron chi connectivity index (χ3n) is 3.67. The predicted octanol–water partition coefficient (Wildman–Crippen LogP) is 5.06. The first-order valence-electron chi connectivity index (χ1n) is 7.76. The molecule has 1 atom stereocenters. The molecule has 2 aromatic carbocycles. The molecule has 4 rings (SSSR count). The number of pyridine rings is 1. The molecule has 0 amide bonds. The Labute approximate surface area is 144 Å². The Kier molecular flexibility index (Phi) is 4.04. The van der Waals surface area contributed by atoms with Gasteiger partial charge >= 0.3 is 0 Å². The van der Waals surface area contributed by atoms with Crippen LogP contribution in [0.2, 0.25) is 0 Å². The van der Waals surface area contributed by atoms with Crippen LogP contribution in [0.4, 0.5) is 4.39 Å². The van der Waals surface area contributed by atoms with Crippen molar-refractivity contribution in [1.29, 1.82) is 0 Å². The van der Waals surface area contributed by atoms with Crippen LogP contribution >= 0.6 is 0 Å². The van der Waals surface area contributed by atoms with Crippen molar-refractivity contribution in [2.24, 2.45) is 0 Å². The summed E-state index contributed by atoms with van der Waals surface area (Å²) in [5.74, 6) is 1.15. The summed E-state index contributed by atoms with van der Waals surface area (Å²) in [6, 6.07) is 19.0. The number of halogens is 1. The maximum Gasteiger partial charge on any atom is 0.272 e. The van der Waals surface area contributed by atoms with Gasteiger partial charge in [0.1, 0.15) is 17.8 Å². The third kappa shape index (κ3) is 3.30. The molecule has 0 bridgehead atoms. The van der Waals surface area contributed by atoms with Crippen LogP contribution in [0.1, 0.15) is 17.4 Å². The quantitative estimate of drug-likeness (QED) is 0.668. The molecule has 0 aliphatic carbocycles. The van der Waals surface area contributed by atoms with Gasteiger partial charge in [0, 0.05) is 11.8 Å². The number of rotatable bonds is 4. The highest BCUT2D eigenvalue weighted by Crippen LogP contribution is 2.37. The van der Waals surface area contributed by atoms with Crippen molar-refractivity contribution in [3.05, 3.63) is 96.1 Å². The van der Waals surface area contributed by atoms with Gasteiger partial charge in [-0.2, -0.15) is 0 Å². The highest BCUT2D eigenvalue weighted by atomic mass is 19.1. The second-order valence-electron chi connectivity index (χ2n) is 5.39. The average Bonchev–Trinajstić information content (AvgIpc) is 3.15. The van der Waals surface area contributed by atoms with Crippen molar-refractivity contribution >= 4 is 5.76 Å². The van der Waals surface area contributed by atoms with Gasteiger partial charge in [0.25, 0.3) is 6.29 Å². The number of hydrogen-bond donors (Lipinski definition) is 0. The Bertz CT molecular complexity index is 894. The van der Waals surface area contributed by atoms with Crippen LogP contribution in [0.15, 0.2) is 79.2 Å². The Hall–Kier alpha value is -3.34. The highest BCUT2D eigenvalue weighted by molar-refractivity contribution is 5.60. The SMILES string of the molecule is Fc1ccc(Oc2ncccc2C2OC=C(c3ccccc3)O2)cc1. The Morgan fingerprint density at radius 2 is 1.72 bits per heavy atom. The molecule has 2 heterocycles. The Balaban J connectivity index is 1.55. The summed E-state index contributed by atoms with van der Waals surface area (Å²) >= 11 is 0. The van der Waals surface area contributed by atoms with E-state index in [-0.39, 0.29) is 5.82 Å². The number of hydrogen-bond acceptors (Lipinski definition) is 4. The minimum Gasteiger partial charge on any atom is -0.454 e. The lowest BCUT2D eigenvalue weighted by atomic mass is 10.2. The molecule has 0 fully saturated rings. The minimum atomic E-state index is -0.653. The normalized spacial score (nSPS) is 15.9. The van der Waals surface area contributed by atoms with E-state index in [4.69, 9.17) is 14.2 Å². The standard InChI is InChI=1S/C20H14FNO3/c21-15-8-10-16(11-9-15)24-19-17(7-4-12-22-19)20-23-13-18(25-20)14-5-2-1-3-6-14/h1-13,20H. The molecule has 124 valence electrons. The van der Waals surface area contributed by atoms with Gasteiger partial charge in [-0.25, -0.2) is 9.37 Å². The van der Waals surface area contributed by atoms with Crippen LogP contribution in [0.3, 0.4) is 0 Å². The summed E-state index contributed by atoms with van der Waals surface area (Å²) in [5, 5.41) is 0. The van der Waals surface area contributed by atoms with Gasteiger partial charge in [0.2, 0.25) is 5.88 Å². The molecule has 0 N–H and O–H groups in total. The smallest absolute Gasteiger partial charge is 0.272 e. The molecule has 0 radical (unpaired) electrons. The summed E-state index contributed by atoms with van der Waals surface area (Å²) < 4.78 is 30.3. The van der Waals surface area contributed by atoms with Gasteiger partial charge in [-0.1, -0.05) is 30.3 Å². The summed E-state index contributed by atoms with van der Waals surface area (Å²) in [6.45, 7) is 0. The maximum absolute atomic E-state index is 13.0. The molecular weight excluding hydrogens is 321 g/mol. The topological polar surface area (TPSA) is 40.6 Å². The maximum atomic E-state index is 13.0. The van der Waals surface area contributed by atoms with E-state index in [0.717, 1.165) is 5.56 Å². The molecule has 1 aliphatic rings. The molecule has 4 nitrogen and oxygen atoms in total. The van der Waals surface area contributed by atoms with Crippen LogP contribution in [-0.2, 0) is 9.47 Å². The first-order valence-corrected chi connectivity index (χ1v) is 7.76.